The fourth-order valence-corrected chi connectivity index (χ4v) is 3.59. The minimum absolute atomic E-state index is 0.0568. The van der Waals surface area contributed by atoms with Gasteiger partial charge in [-0.25, -0.2) is 4.39 Å². The first kappa shape index (κ1) is 19.5. The van der Waals surface area contributed by atoms with Gasteiger partial charge in [0.05, 0.1) is 0 Å². The highest BCUT2D eigenvalue weighted by atomic mass is 19.1. The summed E-state index contributed by atoms with van der Waals surface area (Å²) >= 11 is 0. The molecule has 0 radical (unpaired) electrons. The first-order chi connectivity index (χ1) is 13.3. The summed E-state index contributed by atoms with van der Waals surface area (Å²) in [5.41, 5.74) is 4.64. The van der Waals surface area contributed by atoms with Crippen molar-refractivity contribution in [3.8, 4) is 0 Å². The molecule has 2 aromatic rings. The van der Waals surface area contributed by atoms with E-state index in [4.69, 9.17) is 0 Å². The van der Waals surface area contributed by atoms with Gasteiger partial charge < -0.3 is 5.23 Å². The summed E-state index contributed by atoms with van der Waals surface area (Å²) in [5.74, 6) is -0.195. The third-order valence-electron chi connectivity index (χ3n) is 5.15. The molecule has 3 heteroatoms. The Hall–Kier alpha value is -2.29. The molecular weight excluding hydrogens is 332 g/mol. The molecule has 0 bridgehead atoms. The van der Waals surface area contributed by atoms with Crippen LogP contribution in [0.4, 0.5) is 10.1 Å². The SMILES string of the molecule is CCCCCCCC/C=C/C1=Cc2ccccc2NB1c1ccc(F)cc1. The minimum Gasteiger partial charge on any atom is -0.420 e. The largest absolute Gasteiger partial charge is 0.420 e. The molecule has 27 heavy (non-hydrogen) atoms. The third-order valence-corrected chi connectivity index (χ3v) is 5.15. The maximum atomic E-state index is 13.3. The van der Waals surface area contributed by atoms with E-state index in [1.165, 1.54) is 61.7 Å². The molecule has 1 nitrogen and oxygen atoms in total. The van der Waals surface area contributed by atoms with Crippen LogP contribution in [-0.4, -0.2) is 6.85 Å². The van der Waals surface area contributed by atoms with Crippen LogP contribution in [0.15, 0.2) is 66.2 Å². The van der Waals surface area contributed by atoms with E-state index < -0.39 is 0 Å². The summed E-state index contributed by atoms with van der Waals surface area (Å²) in [6, 6.07) is 15.1. The van der Waals surface area contributed by atoms with Gasteiger partial charge in [-0.2, -0.15) is 0 Å². The molecule has 140 valence electrons. The molecule has 1 N–H and O–H groups in total. The highest BCUT2D eigenvalue weighted by Crippen LogP contribution is 2.26. The van der Waals surface area contributed by atoms with Gasteiger partial charge in [-0.05, 0) is 36.6 Å². The zero-order chi connectivity index (χ0) is 18.9. The van der Waals surface area contributed by atoms with Crippen LogP contribution in [0, 0.1) is 5.82 Å². The number of rotatable bonds is 9. The van der Waals surface area contributed by atoms with E-state index in [9.17, 15) is 4.39 Å². The number of halogens is 1. The van der Waals surface area contributed by atoms with Crippen LogP contribution in [0.5, 0.6) is 0 Å². The van der Waals surface area contributed by atoms with E-state index in [2.05, 4.69) is 48.6 Å². The molecule has 0 atom stereocenters. The number of hydrogen-bond acceptors (Lipinski definition) is 1. The Morgan fingerprint density at radius 1 is 0.926 bits per heavy atom. The standard InChI is InChI=1S/C24H29BFN/c1-2-3-4-5-6-7-8-9-13-22-19-20-12-10-11-14-24(20)27-25(22)21-15-17-23(26)18-16-21/h9-19,27H,2-8H2,1H3/b13-9+. The summed E-state index contributed by atoms with van der Waals surface area (Å²) in [6.07, 6.45) is 15.8. The predicted octanol–water partition coefficient (Wildman–Crippen LogP) is 6.38. The second-order valence-electron chi connectivity index (χ2n) is 7.32. The number of benzene rings is 2. The Labute approximate surface area is 163 Å². The Bertz CT molecular complexity index is 779. The van der Waals surface area contributed by atoms with Gasteiger partial charge in [-0.3, -0.25) is 0 Å². The van der Waals surface area contributed by atoms with E-state index in [0.717, 1.165) is 17.6 Å². The van der Waals surface area contributed by atoms with Crippen LogP contribution in [0.3, 0.4) is 0 Å². The zero-order valence-corrected chi connectivity index (χ0v) is 16.3. The Morgan fingerprint density at radius 3 is 2.48 bits per heavy atom. The van der Waals surface area contributed by atoms with Crippen molar-refractivity contribution in [1.29, 1.82) is 0 Å². The van der Waals surface area contributed by atoms with Crippen LogP contribution < -0.4 is 10.7 Å². The van der Waals surface area contributed by atoms with Crippen molar-refractivity contribution in [2.75, 3.05) is 5.23 Å². The molecule has 0 spiro atoms. The third kappa shape index (κ3) is 5.59. The van der Waals surface area contributed by atoms with Gasteiger partial charge in [0.2, 0.25) is 0 Å². The van der Waals surface area contributed by atoms with Crippen molar-refractivity contribution in [3.05, 3.63) is 77.5 Å². The highest BCUT2D eigenvalue weighted by molar-refractivity contribution is 6.84. The van der Waals surface area contributed by atoms with Gasteiger partial charge in [-0.1, -0.05) is 98.5 Å². The number of para-hydroxylation sites is 1. The average molecular weight is 361 g/mol. The van der Waals surface area contributed by atoms with E-state index in [1.54, 1.807) is 0 Å². The smallest absolute Gasteiger partial charge is 0.320 e. The molecule has 1 aliphatic heterocycles. The van der Waals surface area contributed by atoms with Crippen LogP contribution in [-0.2, 0) is 0 Å². The number of nitrogens with one attached hydrogen (secondary N) is 1. The normalized spacial score (nSPS) is 13.4. The zero-order valence-electron chi connectivity index (χ0n) is 16.3. The minimum atomic E-state index is -0.195. The summed E-state index contributed by atoms with van der Waals surface area (Å²) in [6.45, 7) is 2.31. The van der Waals surface area contributed by atoms with Gasteiger partial charge in [-0.15, -0.1) is 0 Å². The van der Waals surface area contributed by atoms with Crippen molar-refractivity contribution >= 4 is 24.1 Å². The van der Waals surface area contributed by atoms with E-state index in [-0.39, 0.29) is 12.7 Å². The Morgan fingerprint density at radius 2 is 1.67 bits per heavy atom. The average Bonchev–Trinajstić information content (AvgIpc) is 2.70. The number of hydrogen-bond donors (Lipinski definition) is 1. The summed E-state index contributed by atoms with van der Waals surface area (Å²) in [4.78, 5) is 0. The molecule has 0 aromatic heterocycles. The molecule has 3 rings (SSSR count). The Balaban J connectivity index is 1.68. The van der Waals surface area contributed by atoms with Crippen molar-refractivity contribution in [3.63, 3.8) is 0 Å². The first-order valence-electron chi connectivity index (χ1n) is 10.3. The van der Waals surface area contributed by atoms with Crippen LogP contribution in [0.1, 0.15) is 57.4 Å². The molecule has 0 fully saturated rings. The van der Waals surface area contributed by atoms with Crippen molar-refractivity contribution in [2.45, 2.75) is 51.9 Å². The fourth-order valence-electron chi connectivity index (χ4n) is 3.59. The second kappa shape index (κ2) is 10.2. The van der Waals surface area contributed by atoms with Crippen molar-refractivity contribution in [2.24, 2.45) is 0 Å². The molecule has 0 saturated carbocycles. The lowest BCUT2D eigenvalue weighted by atomic mass is 9.48. The molecular formula is C24H29BFN. The quantitative estimate of drug-likeness (QED) is 0.404. The van der Waals surface area contributed by atoms with E-state index in [1.807, 2.05) is 18.2 Å². The number of allylic oxidation sites excluding steroid dienone is 3. The monoisotopic (exact) mass is 361 g/mol. The van der Waals surface area contributed by atoms with Gasteiger partial charge in [0, 0.05) is 5.69 Å². The van der Waals surface area contributed by atoms with Crippen molar-refractivity contribution < 1.29 is 4.39 Å². The van der Waals surface area contributed by atoms with E-state index in [0.29, 0.717) is 0 Å². The Kier molecular flexibility index (Phi) is 7.32. The highest BCUT2D eigenvalue weighted by Gasteiger charge is 2.25. The summed E-state index contributed by atoms with van der Waals surface area (Å²) < 4.78 is 13.3. The molecule has 0 saturated heterocycles. The number of fused-ring (bicyclic) bond motifs is 1. The molecule has 0 aliphatic carbocycles. The van der Waals surface area contributed by atoms with Crippen LogP contribution >= 0.6 is 0 Å². The molecule has 0 amide bonds. The molecule has 1 aliphatic rings. The van der Waals surface area contributed by atoms with Gasteiger partial charge >= 0.3 is 6.85 Å². The molecule has 2 aromatic carbocycles. The lowest BCUT2D eigenvalue weighted by Gasteiger charge is -2.24. The van der Waals surface area contributed by atoms with Crippen molar-refractivity contribution in [1.82, 2.24) is 0 Å². The maximum Gasteiger partial charge on any atom is 0.320 e. The van der Waals surface area contributed by atoms with Crippen LogP contribution in [0.2, 0.25) is 0 Å². The molecule has 0 unspecified atom stereocenters. The lowest BCUT2D eigenvalue weighted by molar-refractivity contribution is 0.611. The summed E-state index contributed by atoms with van der Waals surface area (Å²) in [5, 5.41) is 3.62. The lowest BCUT2D eigenvalue weighted by Crippen LogP contribution is -2.42. The van der Waals surface area contributed by atoms with Gasteiger partial charge in [0.25, 0.3) is 0 Å². The molecule has 1 heterocycles. The fraction of sp³-hybridized carbons (Fsp3) is 0.333. The topological polar surface area (TPSA) is 12.0 Å². The van der Waals surface area contributed by atoms with Gasteiger partial charge in [0.15, 0.2) is 0 Å². The summed E-state index contributed by atoms with van der Waals surface area (Å²) in [7, 11) is 0. The van der Waals surface area contributed by atoms with Crippen LogP contribution in [0.25, 0.3) is 6.08 Å². The van der Waals surface area contributed by atoms with E-state index >= 15 is 0 Å². The number of anilines is 1. The predicted molar refractivity (Wildman–Crippen MR) is 117 cm³/mol. The van der Waals surface area contributed by atoms with Gasteiger partial charge in [0.1, 0.15) is 5.82 Å². The second-order valence-corrected chi connectivity index (χ2v) is 7.32. The first-order valence-corrected chi connectivity index (χ1v) is 10.3. The number of unbranched alkanes of at least 4 members (excludes halogenated alkanes) is 6. The maximum absolute atomic E-state index is 13.3.